The minimum absolute atomic E-state index is 0.0792. The first-order chi connectivity index (χ1) is 11.3. The lowest BCUT2D eigenvalue weighted by atomic mass is 9.78. The zero-order valence-electron chi connectivity index (χ0n) is 13.7. The summed E-state index contributed by atoms with van der Waals surface area (Å²) in [6, 6.07) is 8.15. The molecule has 4 rings (SSSR count). The molecule has 1 aromatic rings. The van der Waals surface area contributed by atoms with E-state index in [0.29, 0.717) is 17.9 Å². The molecule has 23 heavy (non-hydrogen) atoms. The summed E-state index contributed by atoms with van der Waals surface area (Å²) < 4.78 is 5.82. The van der Waals surface area contributed by atoms with E-state index in [1.54, 1.807) is 0 Å². The second kappa shape index (κ2) is 6.16. The SMILES string of the molecule is O=C([C@H]1CCOc2ccccc2C1)N1CCC2(CCNCC2)C1. The highest BCUT2D eigenvalue weighted by atomic mass is 16.5. The van der Waals surface area contributed by atoms with Gasteiger partial charge < -0.3 is 15.0 Å². The number of piperidine rings is 1. The molecule has 4 nitrogen and oxygen atoms in total. The molecule has 3 aliphatic rings. The fraction of sp³-hybridized carbons (Fsp3) is 0.632. The van der Waals surface area contributed by atoms with Gasteiger partial charge in [-0.25, -0.2) is 0 Å². The predicted octanol–water partition coefficient (Wildman–Crippen LogP) is 2.23. The first-order valence-electron chi connectivity index (χ1n) is 8.96. The van der Waals surface area contributed by atoms with Gasteiger partial charge in [0.2, 0.25) is 5.91 Å². The number of fused-ring (bicyclic) bond motifs is 1. The molecule has 2 saturated heterocycles. The number of amides is 1. The predicted molar refractivity (Wildman–Crippen MR) is 89.5 cm³/mol. The Balaban J connectivity index is 1.45. The summed E-state index contributed by atoms with van der Waals surface area (Å²) in [5, 5.41) is 3.44. The van der Waals surface area contributed by atoms with Crippen molar-refractivity contribution >= 4 is 5.91 Å². The van der Waals surface area contributed by atoms with E-state index >= 15 is 0 Å². The Hall–Kier alpha value is -1.55. The molecule has 1 atom stereocenters. The molecule has 1 N–H and O–H groups in total. The normalized spacial score (nSPS) is 26.4. The Morgan fingerprint density at radius 3 is 2.91 bits per heavy atom. The van der Waals surface area contributed by atoms with Gasteiger partial charge in [-0.05, 0) is 62.2 Å². The van der Waals surface area contributed by atoms with Crippen LogP contribution in [0.3, 0.4) is 0 Å². The van der Waals surface area contributed by atoms with E-state index < -0.39 is 0 Å². The highest BCUT2D eigenvalue weighted by Crippen LogP contribution is 2.39. The number of benzene rings is 1. The van der Waals surface area contributed by atoms with Crippen LogP contribution in [0.2, 0.25) is 0 Å². The smallest absolute Gasteiger partial charge is 0.226 e. The Morgan fingerprint density at radius 1 is 1.22 bits per heavy atom. The summed E-state index contributed by atoms with van der Waals surface area (Å²) in [6.07, 6.45) is 5.26. The number of hydrogen-bond acceptors (Lipinski definition) is 3. The summed E-state index contributed by atoms with van der Waals surface area (Å²) in [5.41, 5.74) is 1.57. The Kier molecular flexibility index (Phi) is 4.02. The highest BCUT2D eigenvalue weighted by Gasteiger charge is 2.42. The molecule has 124 valence electrons. The number of hydrogen-bond donors (Lipinski definition) is 1. The molecule has 0 bridgehead atoms. The second-order valence-corrected chi connectivity index (χ2v) is 7.41. The van der Waals surface area contributed by atoms with E-state index in [0.717, 1.165) is 44.8 Å². The third-order valence-corrected chi connectivity index (χ3v) is 5.93. The van der Waals surface area contributed by atoms with E-state index in [1.165, 1.54) is 24.8 Å². The minimum atomic E-state index is 0.0792. The largest absolute Gasteiger partial charge is 0.493 e. The Labute approximate surface area is 138 Å². The lowest BCUT2D eigenvalue weighted by molar-refractivity contribution is -0.135. The number of rotatable bonds is 1. The van der Waals surface area contributed by atoms with Crippen LogP contribution in [0.15, 0.2) is 24.3 Å². The molecular weight excluding hydrogens is 288 g/mol. The number of carbonyl (C=O) groups excluding carboxylic acids is 1. The molecule has 0 aromatic heterocycles. The van der Waals surface area contributed by atoms with Crippen LogP contribution in [-0.4, -0.2) is 43.6 Å². The van der Waals surface area contributed by atoms with Crippen LogP contribution in [0.25, 0.3) is 0 Å². The number of likely N-dealkylation sites (tertiary alicyclic amines) is 1. The Bertz CT molecular complexity index is 580. The van der Waals surface area contributed by atoms with Crippen LogP contribution in [0.1, 0.15) is 31.2 Å². The summed E-state index contributed by atoms with van der Waals surface area (Å²) in [4.78, 5) is 15.2. The van der Waals surface area contributed by atoms with Gasteiger partial charge in [0.05, 0.1) is 6.61 Å². The van der Waals surface area contributed by atoms with Crippen molar-refractivity contribution in [1.82, 2.24) is 10.2 Å². The van der Waals surface area contributed by atoms with E-state index in [2.05, 4.69) is 16.3 Å². The topological polar surface area (TPSA) is 41.6 Å². The maximum Gasteiger partial charge on any atom is 0.226 e. The monoisotopic (exact) mass is 314 g/mol. The fourth-order valence-corrected chi connectivity index (χ4v) is 4.45. The number of para-hydroxylation sites is 1. The van der Waals surface area contributed by atoms with Crippen molar-refractivity contribution < 1.29 is 9.53 Å². The molecule has 0 aliphatic carbocycles. The van der Waals surface area contributed by atoms with Gasteiger partial charge in [0.25, 0.3) is 0 Å². The van der Waals surface area contributed by atoms with Gasteiger partial charge in [-0.15, -0.1) is 0 Å². The zero-order chi connectivity index (χ0) is 15.7. The van der Waals surface area contributed by atoms with E-state index in [9.17, 15) is 4.79 Å². The van der Waals surface area contributed by atoms with Crippen LogP contribution in [0, 0.1) is 11.3 Å². The molecule has 2 fully saturated rings. The van der Waals surface area contributed by atoms with Gasteiger partial charge in [-0.3, -0.25) is 4.79 Å². The summed E-state index contributed by atoms with van der Waals surface area (Å²) in [7, 11) is 0. The third kappa shape index (κ3) is 2.97. The van der Waals surface area contributed by atoms with Crippen molar-refractivity contribution in [3.63, 3.8) is 0 Å². The lowest BCUT2D eigenvalue weighted by Gasteiger charge is -2.34. The van der Waals surface area contributed by atoms with Crippen LogP contribution in [0.4, 0.5) is 0 Å². The number of carbonyl (C=O) groups is 1. The molecule has 1 spiro atoms. The molecule has 0 unspecified atom stereocenters. The summed E-state index contributed by atoms with van der Waals surface area (Å²) in [6.45, 7) is 4.76. The first-order valence-corrected chi connectivity index (χ1v) is 8.96. The first kappa shape index (κ1) is 15.0. The molecular formula is C19H26N2O2. The van der Waals surface area contributed by atoms with E-state index in [1.807, 2.05) is 18.2 Å². The quantitative estimate of drug-likeness (QED) is 0.864. The zero-order valence-corrected chi connectivity index (χ0v) is 13.7. The summed E-state index contributed by atoms with van der Waals surface area (Å²) >= 11 is 0. The lowest BCUT2D eigenvalue weighted by Crippen LogP contribution is -2.41. The fourth-order valence-electron chi connectivity index (χ4n) is 4.45. The molecule has 0 radical (unpaired) electrons. The van der Waals surface area contributed by atoms with Crippen LogP contribution in [-0.2, 0) is 11.2 Å². The van der Waals surface area contributed by atoms with E-state index in [-0.39, 0.29) is 5.92 Å². The number of nitrogens with one attached hydrogen (secondary N) is 1. The molecule has 3 aliphatic heterocycles. The van der Waals surface area contributed by atoms with Crippen molar-refractivity contribution in [3.8, 4) is 5.75 Å². The second-order valence-electron chi connectivity index (χ2n) is 7.41. The molecule has 4 heteroatoms. The molecule has 3 heterocycles. The summed E-state index contributed by atoms with van der Waals surface area (Å²) in [5.74, 6) is 1.38. The average molecular weight is 314 g/mol. The maximum absolute atomic E-state index is 13.0. The molecule has 0 saturated carbocycles. The molecule has 1 aromatic carbocycles. The van der Waals surface area contributed by atoms with Gasteiger partial charge in [0.15, 0.2) is 0 Å². The third-order valence-electron chi connectivity index (χ3n) is 5.93. The number of nitrogens with zero attached hydrogens (tertiary/aromatic N) is 1. The standard InChI is InChI=1S/C19H26N2O2/c22-18(21-11-8-19(14-21)6-9-20-10-7-19)16-5-12-23-17-4-2-1-3-15(17)13-16/h1-4,16,20H,5-14H2/t16-/m0/s1. The van der Waals surface area contributed by atoms with Crippen molar-refractivity contribution in [2.45, 2.75) is 32.1 Å². The van der Waals surface area contributed by atoms with Gasteiger partial charge >= 0.3 is 0 Å². The van der Waals surface area contributed by atoms with Crippen molar-refractivity contribution in [3.05, 3.63) is 29.8 Å². The van der Waals surface area contributed by atoms with E-state index in [4.69, 9.17) is 4.74 Å². The van der Waals surface area contributed by atoms with Crippen molar-refractivity contribution in [2.75, 3.05) is 32.8 Å². The molecule has 1 amide bonds. The van der Waals surface area contributed by atoms with Gasteiger partial charge in [-0.2, -0.15) is 0 Å². The average Bonchev–Trinajstić information content (AvgIpc) is 2.86. The Morgan fingerprint density at radius 2 is 2.04 bits per heavy atom. The van der Waals surface area contributed by atoms with Gasteiger partial charge in [0.1, 0.15) is 5.75 Å². The van der Waals surface area contributed by atoms with Crippen LogP contribution >= 0.6 is 0 Å². The number of ether oxygens (including phenoxy) is 1. The van der Waals surface area contributed by atoms with Crippen LogP contribution < -0.4 is 10.1 Å². The van der Waals surface area contributed by atoms with Crippen LogP contribution in [0.5, 0.6) is 5.75 Å². The van der Waals surface area contributed by atoms with Gasteiger partial charge in [0, 0.05) is 19.0 Å². The van der Waals surface area contributed by atoms with Crippen molar-refractivity contribution in [2.24, 2.45) is 11.3 Å². The van der Waals surface area contributed by atoms with Crippen molar-refractivity contribution in [1.29, 1.82) is 0 Å². The van der Waals surface area contributed by atoms with Gasteiger partial charge in [-0.1, -0.05) is 18.2 Å². The minimum Gasteiger partial charge on any atom is -0.493 e. The highest BCUT2D eigenvalue weighted by molar-refractivity contribution is 5.79. The maximum atomic E-state index is 13.0.